The average molecular weight is 561 g/mol. The lowest BCUT2D eigenvalue weighted by Crippen LogP contribution is -2.31. The molecule has 202 valence electrons. The van der Waals surface area contributed by atoms with Crippen LogP contribution in [0.3, 0.4) is 0 Å². The number of aromatic nitrogens is 6. The maximum Gasteiger partial charge on any atom is 0.223 e. The Morgan fingerprint density at radius 3 is 2.05 bits per heavy atom. The van der Waals surface area contributed by atoms with Crippen LogP contribution in [-0.4, -0.2) is 65.7 Å². The number of likely N-dealkylation sites (tertiary alicyclic amines) is 2. The van der Waals surface area contributed by atoms with Crippen LogP contribution in [0.4, 0.5) is 0 Å². The van der Waals surface area contributed by atoms with Gasteiger partial charge in [0.15, 0.2) is 0 Å². The summed E-state index contributed by atoms with van der Waals surface area (Å²) in [6.45, 7) is 6.09. The van der Waals surface area contributed by atoms with Crippen LogP contribution in [0.25, 0.3) is 41.8 Å². The third-order valence-corrected chi connectivity index (χ3v) is 9.96. The summed E-state index contributed by atoms with van der Waals surface area (Å²) >= 11 is 3.30. The zero-order valence-electron chi connectivity index (χ0n) is 22.4. The van der Waals surface area contributed by atoms with Gasteiger partial charge in [-0.1, -0.05) is 13.8 Å². The SMILES string of the molecule is CC(C)CC(=O)N1CCCC1c1ncc(-c2nc3cc4sc(-c5cnc(C6CCCN6C)[nH]5)nc4cc3s2)[nH]1. The van der Waals surface area contributed by atoms with Gasteiger partial charge in [-0.15, -0.1) is 22.7 Å². The Kier molecular flexibility index (Phi) is 6.24. The van der Waals surface area contributed by atoms with Crippen molar-refractivity contribution in [2.45, 2.75) is 58.0 Å². The minimum absolute atomic E-state index is 0.0180. The fourth-order valence-corrected chi connectivity index (χ4v) is 7.77. The van der Waals surface area contributed by atoms with Gasteiger partial charge in [-0.05, 0) is 57.3 Å². The van der Waals surface area contributed by atoms with E-state index >= 15 is 0 Å². The lowest BCUT2D eigenvalue weighted by Gasteiger charge is -2.24. The van der Waals surface area contributed by atoms with E-state index in [9.17, 15) is 4.79 Å². The number of hydrogen-bond donors (Lipinski definition) is 2. The molecule has 0 radical (unpaired) electrons. The van der Waals surface area contributed by atoms with E-state index in [1.54, 1.807) is 22.7 Å². The molecule has 0 spiro atoms. The highest BCUT2D eigenvalue weighted by Gasteiger charge is 2.32. The number of aromatic amines is 2. The molecule has 6 heterocycles. The topological polar surface area (TPSA) is 107 Å². The predicted molar refractivity (Wildman–Crippen MR) is 156 cm³/mol. The highest BCUT2D eigenvalue weighted by Crippen LogP contribution is 2.38. The van der Waals surface area contributed by atoms with Gasteiger partial charge in [0.05, 0.1) is 56.3 Å². The monoisotopic (exact) mass is 560 g/mol. The number of amides is 1. The van der Waals surface area contributed by atoms with Gasteiger partial charge in [-0.3, -0.25) is 9.69 Å². The number of rotatable bonds is 6. The second-order valence-electron chi connectivity index (χ2n) is 11.2. The fourth-order valence-electron chi connectivity index (χ4n) is 5.88. The van der Waals surface area contributed by atoms with E-state index in [2.05, 4.69) is 57.9 Å². The first-order valence-electron chi connectivity index (χ1n) is 13.7. The summed E-state index contributed by atoms with van der Waals surface area (Å²) in [5.41, 5.74) is 3.80. The van der Waals surface area contributed by atoms with E-state index in [4.69, 9.17) is 9.97 Å². The molecule has 2 saturated heterocycles. The fraction of sp³-hybridized carbons (Fsp3) is 0.464. The number of carbonyl (C=O) groups excluding carboxylic acids is 1. The molecule has 39 heavy (non-hydrogen) atoms. The molecule has 2 N–H and O–H groups in total. The highest BCUT2D eigenvalue weighted by atomic mass is 32.1. The summed E-state index contributed by atoms with van der Waals surface area (Å²) in [7, 11) is 2.16. The van der Waals surface area contributed by atoms with Crippen molar-refractivity contribution in [2.24, 2.45) is 5.92 Å². The molecule has 2 atom stereocenters. The first-order valence-corrected chi connectivity index (χ1v) is 15.4. The number of nitrogens with one attached hydrogen (secondary N) is 2. The van der Waals surface area contributed by atoms with E-state index in [1.165, 1.54) is 6.42 Å². The molecule has 11 heteroatoms. The zero-order chi connectivity index (χ0) is 26.7. The summed E-state index contributed by atoms with van der Waals surface area (Å²) in [5, 5.41) is 1.85. The molecule has 0 bridgehead atoms. The molecule has 5 aromatic rings. The van der Waals surface area contributed by atoms with Gasteiger partial charge in [0, 0.05) is 13.0 Å². The number of fused-ring (bicyclic) bond motifs is 2. The lowest BCUT2D eigenvalue weighted by molar-refractivity contribution is -0.133. The second-order valence-corrected chi connectivity index (χ2v) is 13.2. The van der Waals surface area contributed by atoms with Crippen molar-refractivity contribution in [1.82, 2.24) is 39.7 Å². The molecule has 2 unspecified atom stereocenters. The number of H-pyrrole nitrogens is 2. The molecule has 7 rings (SSSR count). The molecule has 2 aliphatic rings. The van der Waals surface area contributed by atoms with Crippen LogP contribution in [0.15, 0.2) is 24.5 Å². The average Bonchev–Trinajstić information content (AvgIpc) is 3.72. The van der Waals surface area contributed by atoms with Gasteiger partial charge in [0.2, 0.25) is 5.91 Å². The van der Waals surface area contributed by atoms with Crippen molar-refractivity contribution < 1.29 is 4.79 Å². The van der Waals surface area contributed by atoms with Crippen molar-refractivity contribution in [3.05, 3.63) is 36.2 Å². The van der Waals surface area contributed by atoms with E-state index in [0.29, 0.717) is 18.4 Å². The normalized spacial score (nSPS) is 20.4. The number of hydrogen-bond acceptors (Lipinski definition) is 8. The van der Waals surface area contributed by atoms with Crippen molar-refractivity contribution in [3.8, 4) is 21.4 Å². The molecule has 2 fully saturated rings. The summed E-state index contributed by atoms with van der Waals surface area (Å²) in [6, 6.07) is 4.65. The van der Waals surface area contributed by atoms with Crippen molar-refractivity contribution in [3.63, 3.8) is 0 Å². The number of carbonyl (C=O) groups is 1. The molecule has 0 saturated carbocycles. The van der Waals surface area contributed by atoms with Crippen LogP contribution in [-0.2, 0) is 4.79 Å². The summed E-state index contributed by atoms with van der Waals surface area (Å²) in [4.78, 5) is 43.3. The standard InChI is InChI=1S/C28H32N8OS2/c1-15(2)10-24(37)36-9-5-7-21(36)26-30-14-19(32-26)28-34-17-12-22-16(11-23(17)39-28)33-27(38-22)18-13-29-25(31-18)20-6-4-8-35(20)3/h11-15,20-21H,4-10H2,1-3H3,(H,29,31)(H,30,32). The number of benzene rings is 1. The van der Waals surface area contributed by atoms with Crippen LogP contribution in [0.1, 0.15) is 69.7 Å². The van der Waals surface area contributed by atoms with Crippen LogP contribution in [0.5, 0.6) is 0 Å². The Morgan fingerprint density at radius 1 is 0.923 bits per heavy atom. The Hall–Kier alpha value is -3.15. The molecule has 2 aliphatic heterocycles. The molecular formula is C28H32N8OS2. The molecule has 1 amide bonds. The van der Waals surface area contributed by atoms with Gasteiger partial charge in [-0.25, -0.2) is 19.9 Å². The first-order chi connectivity index (χ1) is 18.9. The predicted octanol–water partition coefficient (Wildman–Crippen LogP) is 6.16. The minimum atomic E-state index is 0.0180. The minimum Gasteiger partial charge on any atom is -0.339 e. The summed E-state index contributed by atoms with van der Waals surface area (Å²) < 4.78 is 2.21. The molecular weight excluding hydrogens is 528 g/mol. The lowest BCUT2D eigenvalue weighted by atomic mass is 10.1. The Balaban J connectivity index is 1.13. The number of thiazole rings is 2. The van der Waals surface area contributed by atoms with Gasteiger partial charge in [0.1, 0.15) is 21.7 Å². The Labute approximate surface area is 234 Å². The highest BCUT2D eigenvalue weighted by molar-refractivity contribution is 7.23. The first kappa shape index (κ1) is 24.9. The maximum absolute atomic E-state index is 12.8. The van der Waals surface area contributed by atoms with E-state index in [-0.39, 0.29) is 11.9 Å². The maximum atomic E-state index is 12.8. The quantitative estimate of drug-likeness (QED) is 0.258. The molecule has 4 aromatic heterocycles. The van der Waals surface area contributed by atoms with Crippen LogP contribution >= 0.6 is 22.7 Å². The van der Waals surface area contributed by atoms with Crippen molar-refractivity contribution in [1.29, 1.82) is 0 Å². The van der Waals surface area contributed by atoms with Crippen molar-refractivity contribution >= 4 is 49.0 Å². The Bertz CT molecular complexity index is 1610. The number of nitrogens with zero attached hydrogens (tertiary/aromatic N) is 6. The summed E-state index contributed by atoms with van der Waals surface area (Å²) in [6.07, 6.45) is 8.64. The van der Waals surface area contributed by atoms with E-state index in [0.717, 1.165) is 85.8 Å². The van der Waals surface area contributed by atoms with Crippen LogP contribution in [0.2, 0.25) is 0 Å². The van der Waals surface area contributed by atoms with Crippen molar-refractivity contribution in [2.75, 3.05) is 20.1 Å². The third kappa shape index (κ3) is 4.56. The van der Waals surface area contributed by atoms with E-state index in [1.807, 2.05) is 17.3 Å². The second kappa shape index (κ2) is 9.79. The van der Waals surface area contributed by atoms with Gasteiger partial charge >= 0.3 is 0 Å². The van der Waals surface area contributed by atoms with Crippen LogP contribution in [0, 0.1) is 5.92 Å². The number of imidazole rings is 2. The Morgan fingerprint density at radius 2 is 1.49 bits per heavy atom. The van der Waals surface area contributed by atoms with Gasteiger partial charge in [-0.2, -0.15) is 0 Å². The van der Waals surface area contributed by atoms with Gasteiger partial charge in [0.25, 0.3) is 0 Å². The largest absolute Gasteiger partial charge is 0.339 e. The molecule has 9 nitrogen and oxygen atoms in total. The summed E-state index contributed by atoms with van der Waals surface area (Å²) in [5.74, 6) is 2.45. The van der Waals surface area contributed by atoms with Gasteiger partial charge < -0.3 is 14.9 Å². The molecule has 0 aliphatic carbocycles. The third-order valence-electron chi connectivity index (χ3n) is 7.86. The molecule has 1 aromatic carbocycles. The zero-order valence-corrected chi connectivity index (χ0v) is 24.0. The van der Waals surface area contributed by atoms with E-state index < -0.39 is 0 Å². The van der Waals surface area contributed by atoms with Crippen LogP contribution < -0.4 is 0 Å². The smallest absolute Gasteiger partial charge is 0.223 e.